The van der Waals surface area contributed by atoms with Gasteiger partial charge in [0.15, 0.2) is 0 Å². The number of piperidine rings is 3. The van der Waals surface area contributed by atoms with Crippen LogP contribution in [0.25, 0.3) is 20.7 Å². The van der Waals surface area contributed by atoms with Gasteiger partial charge in [-0.3, -0.25) is 9.69 Å². The molecule has 2 unspecified atom stereocenters. The fraction of sp³-hybridized carbons (Fsp3) is 0.571. The molecule has 4 fully saturated rings. The molecule has 0 radical (unpaired) electrons. The maximum atomic E-state index is 12.9. The molecular weight excluding hydrogens is 466 g/mol. The molecule has 158 valence electrons. The van der Waals surface area contributed by atoms with E-state index in [1.54, 1.807) is 0 Å². The summed E-state index contributed by atoms with van der Waals surface area (Å²) < 4.78 is 9.30. The van der Waals surface area contributed by atoms with Gasteiger partial charge in [-0.05, 0) is 73.5 Å². The SMILES string of the molecule is O=c1[nH]c(C2CC3CCN2CC3)nc2c(Br)c(-c3cnn(C4CCCCO4)c3)sc12. The fourth-order valence-electron chi connectivity index (χ4n) is 5.12. The van der Waals surface area contributed by atoms with E-state index >= 15 is 0 Å². The van der Waals surface area contributed by atoms with Crippen molar-refractivity contribution < 1.29 is 4.74 Å². The first-order valence-electron chi connectivity index (χ1n) is 10.8. The van der Waals surface area contributed by atoms with Gasteiger partial charge in [-0.1, -0.05) is 0 Å². The maximum Gasteiger partial charge on any atom is 0.268 e. The molecule has 3 aromatic rings. The predicted octanol–water partition coefficient (Wildman–Crippen LogP) is 4.47. The van der Waals surface area contributed by atoms with Gasteiger partial charge in [0.05, 0.1) is 21.6 Å². The fourth-order valence-corrected chi connectivity index (χ4v) is 7.01. The third-order valence-electron chi connectivity index (χ3n) is 6.78. The normalized spacial score (nSPS) is 29.0. The minimum absolute atomic E-state index is 0.00422. The second-order valence-corrected chi connectivity index (χ2v) is 10.4. The van der Waals surface area contributed by atoms with E-state index in [0.29, 0.717) is 4.70 Å². The third-order valence-corrected chi connectivity index (χ3v) is 9.04. The summed E-state index contributed by atoms with van der Waals surface area (Å²) in [5.74, 6) is 1.57. The van der Waals surface area contributed by atoms with Gasteiger partial charge in [0, 0.05) is 18.4 Å². The van der Waals surface area contributed by atoms with Gasteiger partial charge in [-0.15, -0.1) is 11.3 Å². The number of fused-ring (bicyclic) bond motifs is 4. The molecule has 9 heteroatoms. The van der Waals surface area contributed by atoms with Crippen LogP contribution in [0.1, 0.15) is 56.6 Å². The molecule has 0 amide bonds. The highest BCUT2D eigenvalue weighted by Crippen LogP contribution is 2.43. The summed E-state index contributed by atoms with van der Waals surface area (Å²) in [4.78, 5) is 24.4. The number of H-pyrrole nitrogens is 1. The molecule has 1 N–H and O–H groups in total. The summed E-state index contributed by atoms with van der Waals surface area (Å²) in [6.07, 6.45) is 10.8. The first-order valence-corrected chi connectivity index (χ1v) is 12.4. The van der Waals surface area contributed by atoms with Crippen molar-refractivity contribution in [3.63, 3.8) is 0 Å². The monoisotopic (exact) mass is 489 g/mol. The Morgan fingerprint density at radius 3 is 2.83 bits per heavy atom. The van der Waals surface area contributed by atoms with Crippen LogP contribution in [0.3, 0.4) is 0 Å². The minimum atomic E-state index is -0.0439. The van der Waals surface area contributed by atoms with Crippen molar-refractivity contribution >= 4 is 37.5 Å². The molecule has 0 aromatic carbocycles. The van der Waals surface area contributed by atoms with E-state index in [-0.39, 0.29) is 17.8 Å². The van der Waals surface area contributed by atoms with Gasteiger partial charge in [-0.25, -0.2) is 9.67 Å². The van der Waals surface area contributed by atoms with Gasteiger partial charge < -0.3 is 9.72 Å². The molecule has 4 saturated heterocycles. The van der Waals surface area contributed by atoms with Crippen molar-refractivity contribution in [2.75, 3.05) is 19.7 Å². The molecule has 7 rings (SSSR count). The molecule has 7 nitrogen and oxygen atoms in total. The van der Waals surface area contributed by atoms with Crippen molar-refractivity contribution in [2.45, 2.75) is 50.8 Å². The molecule has 7 heterocycles. The van der Waals surface area contributed by atoms with E-state index in [1.165, 1.54) is 24.2 Å². The standard InChI is InChI=1S/C21H24BrN5O2S/c22-16-17-19(21(28)25-20(24-17)14-9-12-4-6-26(14)7-5-12)30-18(16)13-10-23-27(11-13)15-3-1-2-8-29-15/h10-12,14-15H,1-9H2,(H,24,25,28). The summed E-state index contributed by atoms with van der Waals surface area (Å²) in [6.45, 7) is 3.00. The van der Waals surface area contributed by atoms with Crippen LogP contribution in [-0.2, 0) is 4.74 Å². The molecule has 3 aromatic heterocycles. The number of nitrogens with zero attached hydrogens (tertiary/aromatic N) is 4. The van der Waals surface area contributed by atoms with E-state index in [4.69, 9.17) is 9.72 Å². The van der Waals surface area contributed by atoms with Gasteiger partial charge in [0.1, 0.15) is 22.3 Å². The Labute approximate surface area is 186 Å². The van der Waals surface area contributed by atoms with E-state index in [2.05, 4.69) is 30.9 Å². The Hall–Kier alpha value is -1.55. The molecule has 4 aliphatic heterocycles. The average Bonchev–Trinajstić information content (AvgIpc) is 3.41. The number of aromatic amines is 1. The highest BCUT2D eigenvalue weighted by atomic mass is 79.9. The van der Waals surface area contributed by atoms with Crippen LogP contribution in [0.5, 0.6) is 0 Å². The zero-order valence-corrected chi connectivity index (χ0v) is 19.0. The van der Waals surface area contributed by atoms with Crippen LogP contribution in [0.2, 0.25) is 0 Å². The number of rotatable bonds is 3. The molecule has 2 bridgehead atoms. The molecular formula is C21H24BrN5O2S. The first-order chi connectivity index (χ1) is 14.7. The Balaban J connectivity index is 1.37. The average molecular weight is 490 g/mol. The molecule has 30 heavy (non-hydrogen) atoms. The molecule has 0 aliphatic carbocycles. The maximum absolute atomic E-state index is 12.9. The van der Waals surface area contributed by atoms with Crippen LogP contribution in [0.15, 0.2) is 21.7 Å². The summed E-state index contributed by atoms with van der Waals surface area (Å²) in [5.41, 5.74) is 1.70. The Bertz CT molecular complexity index is 1140. The van der Waals surface area contributed by atoms with Crippen LogP contribution >= 0.6 is 27.3 Å². The second-order valence-electron chi connectivity index (χ2n) is 8.64. The lowest BCUT2D eigenvalue weighted by molar-refractivity contribution is -0.0394. The Kier molecular flexibility index (Phi) is 4.82. The van der Waals surface area contributed by atoms with Gasteiger partial charge >= 0.3 is 0 Å². The number of hydrogen-bond donors (Lipinski definition) is 1. The van der Waals surface area contributed by atoms with Crippen molar-refractivity contribution in [3.05, 3.63) is 33.0 Å². The van der Waals surface area contributed by atoms with Crippen molar-refractivity contribution in [1.82, 2.24) is 24.6 Å². The highest BCUT2D eigenvalue weighted by molar-refractivity contribution is 9.10. The number of thiophene rings is 1. The van der Waals surface area contributed by atoms with Crippen LogP contribution in [-0.4, -0.2) is 44.3 Å². The van der Waals surface area contributed by atoms with Gasteiger partial charge in [-0.2, -0.15) is 5.10 Å². The summed E-state index contributed by atoms with van der Waals surface area (Å²) in [6, 6.07) is 0.232. The number of halogens is 1. The van der Waals surface area contributed by atoms with Crippen LogP contribution in [0.4, 0.5) is 0 Å². The lowest BCUT2D eigenvalue weighted by Crippen LogP contribution is -2.44. The van der Waals surface area contributed by atoms with Gasteiger partial charge in [0.25, 0.3) is 5.56 Å². The number of ether oxygens (including phenoxy) is 1. The molecule has 4 aliphatic rings. The van der Waals surface area contributed by atoms with E-state index in [1.807, 2.05) is 17.1 Å². The minimum Gasteiger partial charge on any atom is -0.357 e. The topological polar surface area (TPSA) is 76.0 Å². The largest absolute Gasteiger partial charge is 0.357 e. The van der Waals surface area contributed by atoms with Crippen molar-refractivity contribution in [3.8, 4) is 10.4 Å². The van der Waals surface area contributed by atoms with E-state index in [0.717, 1.165) is 77.6 Å². The van der Waals surface area contributed by atoms with Gasteiger partial charge in [0.2, 0.25) is 0 Å². The van der Waals surface area contributed by atoms with Crippen molar-refractivity contribution in [2.24, 2.45) is 5.92 Å². The zero-order valence-electron chi connectivity index (χ0n) is 16.6. The lowest BCUT2D eigenvalue weighted by Gasteiger charge is -2.44. The highest BCUT2D eigenvalue weighted by Gasteiger charge is 2.36. The molecule has 0 spiro atoms. The van der Waals surface area contributed by atoms with Crippen molar-refractivity contribution in [1.29, 1.82) is 0 Å². The number of nitrogens with one attached hydrogen (secondary N) is 1. The van der Waals surface area contributed by atoms with Crippen LogP contribution < -0.4 is 5.56 Å². The van der Waals surface area contributed by atoms with E-state index in [9.17, 15) is 4.79 Å². The smallest absolute Gasteiger partial charge is 0.268 e. The summed E-state index contributed by atoms with van der Waals surface area (Å²) in [5, 5.41) is 4.53. The van der Waals surface area contributed by atoms with Crippen LogP contribution in [0, 0.1) is 5.92 Å². The number of hydrogen-bond acceptors (Lipinski definition) is 6. The number of aromatic nitrogens is 4. The summed E-state index contributed by atoms with van der Waals surface area (Å²) in [7, 11) is 0. The quantitative estimate of drug-likeness (QED) is 0.587. The Morgan fingerprint density at radius 1 is 1.23 bits per heavy atom. The second kappa shape index (κ2) is 7.55. The Morgan fingerprint density at radius 2 is 2.10 bits per heavy atom. The molecule has 0 saturated carbocycles. The van der Waals surface area contributed by atoms with E-state index < -0.39 is 0 Å². The zero-order chi connectivity index (χ0) is 20.2. The lowest BCUT2D eigenvalue weighted by atomic mass is 9.83. The first kappa shape index (κ1) is 19.2. The summed E-state index contributed by atoms with van der Waals surface area (Å²) >= 11 is 5.21. The predicted molar refractivity (Wildman–Crippen MR) is 120 cm³/mol. The molecule has 2 atom stereocenters. The third kappa shape index (κ3) is 3.18.